The Hall–Kier alpha value is -3.20. The van der Waals surface area contributed by atoms with Gasteiger partial charge in [-0.2, -0.15) is 5.26 Å². The van der Waals surface area contributed by atoms with Gasteiger partial charge in [-0.15, -0.1) is 0 Å². The fraction of sp³-hybridized carbons (Fsp3) is 0.391. The van der Waals surface area contributed by atoms with Crippen LogP contribution in [0.3, 0.4) is 0 Å². The first kappa shape index (κ1) is 19.1. The maximum absolute atomic E-state index is 13.3. The van der Waals surface area contributed by atoms with E-state index in [1.807, 2.05) is 23.1 Å². The van der Waals surface area contributed by atoms with Crippen molar-refractivity contribution in [3.63, 3.8) is 0 Å². The first-order valence-corrected chi connectivity index (χ1v) is 10.00. The third-order valence-corrected chi connectivity index (χ3v) is 5.48. The number of nitriles is 1. The molecule has 6 nitrogen and oxygen atoms in total. The number of amides is 1. The molecule has 0 bridgehead atoms. The van der Waals surface area contributed by atoms with Gasteiger partial charge < -0.3 is 19.1 Å². The average Bonchev–Trinajstić information content (AvgIpc) is 3.43. The van der Waals surface area contributed by atoms with Crippen LogP contribution < -0.4 is 14.2 Å². The molecule has 2 aromatic rings. The maximum atomic E-state index is 13.3. The lowest BCUT2D eigenvalue weighted by Crippen LogP contribution is -2.45. The minimum atomic E-state index is -0.613. The summed E-state index contributed by atoms with van der Waals surface area (Å²) in [6.45, 7) is 2.53. The lowest BCUT2D eigenvalue weighted by atomic mass is 10.1. The van der Waals surface area contributed by atoms with Crippen LogP contribution in [0.1, 0.15) is 43.7 Å². The Morgan fingerprint density at radius 1 is 1.17 bits per heavy atom. The second-order valence-electron chi connectivity index (χ2n) is 7.49. The topological polar surface area (TPSA) is 71.8 Å². The molecule has 0 radical (unpaired) electrons. The predicted octanol–water partition coefficient (Wildman–Crippen LogP) is 4.03. The van der Waals surface area contributed by atoms with Gasteiger partial charge in [0, 0.05) is 12.6 Å². The molecule has 1 aliphatic heterocycles. The normalized spacial score (nSPS) is 16.3. The van der Waals surface area contributed by atoms with Crippen LogP contribution in [0, 0.1) is 11.3 Å². The van der Waals surface area contributed by atoms with Crippen molar-refractivity contribution in [3.05, 3.63) is 53.6 Å². The summed E-state index contributed by atoms with van der Waals surface area (Å²) in [5.74, 6) is 2.02. The molecule has 2 aromatic carbocycles. The zero-order valence-electron chi connectivity index (χ0n) is 16.5. The minimum Gasteiger partial charge on any atom is -0.481 e. The smallest absolute Gasteiger partial charge is 0.263 e. The van der Waals surface area contributed by atoms with Crippen molar-refractivity contribution in [2.24, 2.45) is 0 Å². The number of carbonyl (C=O) groups excluding carboxylic acids is 1. The number of benzene rings is 2. The van der Waals surface area contributed by atoms with Gasteiger partial charge in [0.1, 0.15) is 5.75 Å². The number of carbonyl (C=O) groups is 1. The van der Waals surface area contributed by atoms with Crippen LogP contribution >= 0.6 is 0 Å². The number of hydrogen-bond acceptors (Lipinski definition) is 5. The third-order valence-electron chi connectivity index (χ3n) is 5.48. The first-order valence-electron chi connectivity index (χ1n) is 10.00. The van der Waals surface area contributed by atoms with E-state index in [9.17, 15) is 4.79 Å². The second kappa shape index (κ2) is 8.44. The lowest BCUT2D eigenvalue weighted by molar-refractivity contribution is -0.141. The van der Waals surface area contributed by atoms with Crippen molar-refractivity contribution in [1.82, 2.24) is 4.90 Å². The molecule has 4 rings (SSSR count). The number of hydrogen-bond donors (Lipinski definition) is 0. The second-order valence-corrected chi connectivity index (χ2v) is 7.49. The molecule has 2 aliphatic rings. The largest absolute Gasteiger partial charge is 0.481 e. The molecule has 1 heterocycles. The Bertz CT molecular complexity index is 913. The van der Waals surface area contributed by atoms with E-state index in [0.717, 1.165) is 42.7 Å². The summed E-state index contributed by atoms with van der Waals surface area (Å²) >= 11 is 0. The zero-order chi connectivity index (χ0) is 20.2. The molecule has 6 heteroatoms. The summed E-state index contributed by atoms with van der Waals surface area (Å²) in [5, 5.41) is 8.92. The standard InChI is InChI=1S/C23H24N2O4/c1-16(29-20-9-6-17(13-24)7-10-20)23(26)25(19-4-2-3-5-19)14-18-8-11-21-22(12-18)28-15-27-21/h6-12,16,19H,2-5,14-15H2,1H3. The first-order chi connectivity index (χ1) is 14.1. The summed E-state index contributed by atoms with van der Waals surface area (Å²) in [6, 6.07) is 14.9. The molecule has 29 heavy (non-hydrogen) atoms. The van der Waals surface area contributed by atoms with E-state index in [1.54, 1.807) is 31.2 Å². The molecule has 0 saturated heterocycles. The summed E-state index contributed by atoms with van der Waals surface area (Å²) in [5.41, 5.74) is 1.58. The summed E-state index contributed by atoms with van der Waals surface area (Å²) < 4.78 is 16.7. The van der Waals surface area contributed by atoms with Crippen molar-refractivity contribution >= 4 is 5.91 Å². The predicted molar refractivity (Wildman–Crippen MR) is 107 cm³/mol. The molecule has 0 aromatic heterocycles. The fourth-order valence-corrected chi connectivity index (χ4v) is 3.93. The van der Waals surface area contributed by atoms with Gasteiger partial charge in [0.25, 0.3) is 5.91 Å². The number of ether oxygens (including phenoxy) is 3. The Balaban J connectivity index is 1.49. The molecule has 1 atom stereocenters. The highest BCUT2D eigenvalue weighted by atomic mass is 16.7. The molecule has 0 N–H and O–H groups in total. The van der Waals surface area contributed by atoms with Crippen LogP contribution in [-0.4, -0.2) is 29.7 Å². The van der Waals surface area contributed by atoms with E-state index in [0.29, 0.717) is 17.9 Å². The van der Waals surface area contributed by atoms with Crippen LogP contribution in [0.5, 0.6) is 17.2 Å². The molecule has 1 aliphatic carbocycles. The molecule has 1 fully saturated rings. The van der Waals surface area contributed by atoms with E-state index >= 15 is 0 Å². The maximum Gasteiger partial charge on any atom is 0.263 e. The van der Waals surface area contributed by atoms with Gasteiger partial charge in [0.15, 0.2) is 17.6 Å². The molecular formula is C23H24N2O4. The van der Waals surface area contributed by atoms with Gasteiger partial charge in [-0.25, -0.2) is 0 Å². The van der Waals surface area contributed by atoms with Crippen molar-refractivity contribution in [2.75, 3.05) is 6.79 Å². The lowest BCUT2D eigenvalue weighted by Gasteiger charge is -2.31. The van der Waals surface area contributed by atoms with E-state index in [-0.39, 0.29) is 18.7 Å². The van der Waals surface area contributed by atoms with E-state index in [4.69, 9.17) is 19.5 Å². The number of rotatable bonds is 6. The highest BCUT2D eigenvalue weighted by Crippen LogP contribution is 2.34. The zero-order valence-corrected chi connectivity index (χ0v) is 16.5. The Morgan fingerprint density at radius 2 is 1.90 bits per heavy atom. The van der Waals surface area contributed by atoms with Gasteiger partial charge in [-0.3, -0.25) is 4.79 Å². The van der Waals surface area contributed by atoms with Crippen LogP contribution in [0.25, 0.3) is 0 Å². The minimum absolute atomic E-state index is 0.0288. The van der Waals surface area contributed by atoms with Gasteiger partial charge in [-0.1, -0.05) is 18.9 Å². The monoisotopic (exact) mass is 392 g/mol. The Labute approximate surface area is 170 Å². The summed E-state index contributed by atoms with van der Waals surface area (Å²) in [7, 11) is 0. The van der Waals surface area contributed by atoms with Gasteiger partial charge in [0.2, 0.25) is 6.79 Å². The Morgan fingerprint density at radius 3 is 2.62 bits per heavy atom. The van der Waals surface area contributed by atoms with Crippen molar-refractivity contribution in [2.45, 2.75) is 51.3 Å². The van der Waals surface area contributed by atoms with E-state index < -0.39 is 6.10 Å². The molecule has 0 spiro atoms. The summed E-state index contributed by atoms with van der Waals surface area (Å²) in [6.07, 6.45) is 3.69. The van der Waals surface area contributed by atoms with Gasteiger partial charge >= 0.3 is 0 Å². The summed E-state index contributed by atoms with van der Waals surface area (Å²) in [4.78, 5) is 15.2. The molecule has 150 valence electrons. The quantitative estimate of drug-likeness (QED) is 0.742. The molecule has 1 saturated carbocycles. The van der Waals surface area contributed by atoms with Crippen molar-refractivity contribution in [1.29, 1.82) is 5.26 Å². The van der Waals surface area contributed by atoms with Gasteiger partial charge in [-0.05, 0) is 61.7 Å². The van der Waals surface area contributed by atoms with Crippen LogP contribution in [0.4, 0.5) is 0 Å². The van der Waals surface area contributed by atoms with Crippen LogP contribution in [0.15, 0.2) is 42.5 Å². The van der Waals surface area contributed by atoms with Crippen molar-refractivity contribution in [3.8, 4) is 23.3 Å². The van der Waals surface area contributed by atoms with E-state index in [1.165, 1.54) is 0 Å². The Kier molecular flexibility index (Phi) is 5.57. The third kappa shape index (κ3) is 4.29. The number of fused-ring (bicyclic) bond motifs is 1. The van der Waals surface area contributed by atoms with Crippen LogP contribution in [-0.2, 0) is 11.3 Å². The van der Waals surface area contributed by atoms with E-state index in [2.05, 4.69) is 6.07 Å². The van der Waals surface area contributed by atoms with Crippen molar-refractivity contribution < 1.29 is 19.0 Å². The molecule has 1 unspecified atom stereocenters. The SMILES string of the molecule is CC(Oc1ccc(C#N)cc1)C(=O)N(Cc1ccc2c(c1)OCO2)C1CCCC1. The molecular weight excluding hydrogens is 368 g/mol. The van der Waals surface area contributed by atoms with Crippen LogP contribution in [0.2, 0.25) is 0 Å². The highest BCUT2D eigenvalue weighted by molar-refractivity contribution is 5.81. The number of nitrogens with zero attached hydrogens (tertiary/aromatic N) is 2. The highest BCUT2D eigenvalue weighted by Gasteiger charge is 2.31. The van der Waals surface area contributed by atoms with Gasteiger partial charge in [0.05, 0.1) is 11.6 Å². The fourth-order valence-electron chi connectivity index (χ4n) is 3.93. The molecule has 1 amide bonds. The average molecular weight is 392 g/mol.